The molecule has 3 atom stereocenters. The van der Waals surface area contributed by atoms with Crippen LogP contribution in [0.4, 0.5) is 5.69 Å². The van der Waals surface area contributed by atoms with Crippen LogP contribution in [-0.2, 0) is 9.53 Å². The summed E-state index contributed by atoms with van der Waals surface area (Å²) in [6.45, 7) is 7.62. The highest BCUT2D eigenvalue weighted by atomic mass is 16.5. The van der Waals surface area contributed by atoms with Gasteiger partial charge in [-0.05, 0) is 31.5 Å². The van der Waals surface area contributed by atoms with Gasteiger partial charge >= 0.3 is 5.97 Å². The van der Waals surface area contributed by atoms with E-state index in [0.717, 1.165) is 74.7 Å². The number of nitrogens with zero attached hydrogens (tertiary/aromatic N) is 4. The Kier molecular flexibility index (Phi) is 6.03. The van der Waals surface area contributed by atoms with Gasteiger partial charge in [-0.1, -0.05) is 31.2 Å². The number of carbonyl (C=O) groups is 1. The fraction of sp³-hybridized carbons (Fsp3) is 0.538. The summed E-state index contributed by atoms with van der Waals surface area (Å²) in [5, 5.41) is 11.7. The predicted molar refractivity (Wildman–Crippen MR) is 126 cm³/mol. The largest absolute Gasteiger partial charge is 0.461 e. The maximum Gasteiger partial charge on any atom is 0.320 e. The molecule has 168 valence electrons. The lowest BCUT2D eigenvalue weighted by atomic mass is 9.96. The van der Waals surface area contributed by atoms with E-state index in [1.165, 1.54) is 5.69 Å². The number of esters is 1. The van der Waals surface area contributed by atoms with Gasteiger partial charge in [0, 0.05) is 67.6 Å². The number of hydrogen-bond donors (Lipinski definition) is 0. The highest BCUT2D eigenvalue weighted by molar-refractivity contribution is 5.98. The number of anilines is 1. The van der Waals surface area contributed by atoms with Gasteiger partial charge < -0.3 is 14.5 Å². The fourth-order valence-electron chi connectivity index (χ4n) is 5.89. The molecule has 3 fully saturated rings. The van der Waals surface area contributed by atoms with E-state index in [9.17, 15) is 10.1 Å². The average molecular weight is 433 g/mol. The van der Waals surface area contributed by atoms with Crippen molar-refractivity contribution < 1.29 is 9.53 Å². The summed E-state index contributed by atoms with van der Waals surface area (Å²) in [7, 11) is 0. The molecule has 0 spiro atoms. The molecule has 6 heteroatoms. The molecule has 0 unspecified atom stereocenters. The summed E-state index contributed by atoms with van der Waals surface area (Å²) in [4.78, 5) is 19.8. The Morgan fingerprint density at radius 3 is 2.31 bits per heavy atom. The van der Waals surface area contributed by atoms with E-state index in [0.29, 0.717) is 18.6 Å². The topological polar surface area (TPSA) is 59.8 Å². The zero-order chi connectivity index (χ0) is 22.1. The zero-order valence-electron chi connectivity index (χ0n) is 18.9. The summed E-state index contributed by atoms with van der Waals surface area (Å²) in [6, 6.07) is 15.3. The number of nitriles is 1. The SMILES string of the molecule is CCN1CCN(CC(=O)O[C@H]2C[C@H]3CC[C@@H](C2)N3c2ccc(C#N)c3ccccc23)CC1. The van der Waals surface area contributed by atoms with Crippen molar-refractivity contribution in [1.29, 1.82) is 5.26 Å². The van der Waals surface area contributed by atoms with Gasteiger partial charge in [-0.3, -0.25) is 9.69 Å². The van der Waals surface area contributed by atoms with Crippen LogP contribution in [0.5, 0.6) is 0 Å². The Morgan fingerprint density at radius 2 is 1.66 bits per heavy atom. The number of rotatable bonds is 5. The molecule has 2 bridgehead atoms. The first kappa shape index (κ1) is 21.2. The summed E-state index contributed by atoms with van der Waals surface area (Å²) in [6.07, 6.45) is 4.05. The van der Waals surface area contributed by atoms with Crippen LogP contribution in [0.25, 0.3) is 10.8 Å². The van der Waals surface area contributed by atoms with Crippen LogP contribution < -0.4 is 4.90 Å². The molecule has 3 heterocycles. The Balaban J connectivity index is 1.24. The lowest BCUT2D eigenvalue weighted by molar-refractivity contribution is -0.152. The van der Waals surface area contributed by atoms with Crippen LogP contribution in [0.3, 0.4) is 0 Å². The molecule has 3 aliphatic heterocycles. The summed E-state index contributed by atoms with van der Waals surface area (Å²) >= 11 is 0. The van der Waals surface area contributed by atoms with Gasteiger partial charge in [-0.15, -0.1) is 0 Å². The molecule has 0 radical (unpaired) electrons. The Hall–Kier alpha value is -2.62. The van der Waals surface area contributed by atoms with Crippen molar-refractivity contribution in [3.63, 3.8) is 0 Å². The molecule has 0 aromatic heterocycles. The van der Waals surface area contributed by atoms with Gasteiger partial charge in [0.25, 0.3) is 0 Å². The number of ether oxygens (including phenoxy) is 1. The number of benzene rings is 2. The van der Waals surface area contributed by atoms with Crippen molar-refractivity contribution in [2.24, 2.45) is 0 Å². The van der Waals surface area contributed by atoms with Crippen molar-refractivity contribution in [3.05, 3.63) is 42.0 Å². The lowest BCUT2D eigenvalue weighted by Gasteiger charge is -2.41. The van der Waals surface area contributed by atoms with Crippen molar-refractivity contribution in [2.75, 3.05) is 44.2 Å². The molecule has 2 aromatic rings. The zero-order valence-corrected chi connectivity index (χ0v) is 18.9. The molecule has 5 rings (SSSR count). The minimum Gasteiger partial charge on any atom is -0.461 e. The van der Waals surface area contributed by atoms with Crippen molar-refractivity contribution in [2.45, 2.75) is 50.8 Å². The lowest BCUT2D eigenvalue weighted by Crippen LogP contribution is -2.49. The molecular weight excluding hydrogens is 400 g/mol. The second-order valence-electron chi connectivity index (χ2n) is 9.38. The van der Waals surface area contributed by atoms with E-state index in [1.807, 2.05) is 24.3 Å². The van der Waals surface area contributed by atoms with Crippen LogP contribution in [-0.4, -0.2) is 73.2 Å². The molecule has 0 aliphatic carbocycles. The van der Waals surface area contributed by atoms with Crippen molar-refractivity contribution in [3.8, 4) is 6.07 Å². The molecule has 6 nitrogen and oxygen atoms in total. The van der Waals surface area contributed by atoms with E-state index < -0.39 is 0 Å². The number of piperazine rings is 1. The molecule has 0 N–H and O–H groups in total. The van der Waals surface area contributed by atoms with Crippen LogP contribution in [0.15, 0.2) is 36.4 Å². The van der Waals surface area contributed by atoms with E-state index in [4.69, 9.17) is 4.74 Å². The first-order chi connectivity index (χ1) is 15.7. The highest BCUT2D eigenvalue weighted by Crippen LogP contribution is 2.43. The van der Waals surface area contributed by atoms with Gasteiger partial charge in [-0.2, -0.15) is 5.26 Å². The summed E-state index contributed by atoms with van der Waals surface area (Å²) < 4.78 is 5.97. The average Bonchev–Trinajstić information content (AvgIpc) is 3.08. The van der Waals surface area contributed by atoms with Crippen LogP contribution in [0, 0.1) is 11.3 Å². The van der Waals surface area contributed by atoms with Crippen LogP contribution >= 0.6 is 0 Å². The summed E-state index contributed by atoms with van der Waals surface area (Å²) in [5.74, 6) is -0.0726. The minimum atomic E-state index is -0.0726. The normalized spacial score (nSPS) is 26.2. The van der Waals surface area contributed by atoms with Gasteiger partial charge in [0.15, 0.2) is 0 Å². The van der Waals surface area contributed by atoms with Crippen molar-refractivity contribution >= 4 is 22.4 Å². The first-order valence-electron chi connectivity index (χ1n) is 12.0. The summed E-state index contributed by atoms with van der Waals surface area (Å²) in [5.41, 5.74) is 1.94. The standard InChI is InChI=1S/C26H32N4O2/c1-2-28-11-13-29(14-12-28)18-26(31)32-22-15-20-8-9-21(16-22)30(20)25-10-7-19(17-27)23-5-3-4-6-24(23)25/h3-7,10,20-22H,2,8-9,11-16,18H2,1H3/t20-,21+,22+. The van der Waals surface area contributed by atoms with E-state index in [1.54, 1.807) is 0 Å². The van der Waals surface area contributed by atoms with Gasteiger partial charge in [-0.25, -0.2) is 0 Å². The molecule has 32 heavy (non-hydrogen) atoms. The predicted octanol–water partition coefficient (Wildman–Crippen LogP) is 3.39. The van der Waals surface area contributed by atoms with Gasteiger partial charge in [0.05, 0.1) is 18.2 Å². The minimum absolute atomic E-state index is 0.0119. The number of fused-ring (bicyclic) bond motifs is 3. The number of piperidine rings is 1. The maximum atomic E-state index is 12.6. The maximum absolute atomic E-state index is 12.6. The van der Waals surface area contributed by atoms with E-state index in [-0.39, 0.29) is 12.1 Å². The van der Waals surface area contributed by atoms with Crippen molar-refractivity contribution in [1.82, 2.24) is 9.80 Å². The molecular formula is C26H32N4O2. The third-order valence-electron chi connectivity index (χ3n) is 7.55. The monoisotopic (exact) mass is 432 g/mol. The Bertz CT molecular complexity index is 1010. The second-order valence-corrected chi connectivity index (χ2v) is 9.38. The number of carbonyl (C=O) groups excluding carboxylic acids is 1. The Morgan fingerprint density at radius 1 is 1.00 bits per heavy atom. The number of hydrogen-bond acceptors (Lipinski definition) is 6. The quantitative estimate of drug-likeness (QED) is 0.675. The van der Waals surface area contributed by atoms with Gasteiger partial charge in [0.2, 0.25) is 0 Å². The smallest absolute Gasteiger partial charge is 0.320 e. The third-order valence-corrected chi connectivity index (χ3v) is 7.55. The van der Waals surface area contributed by atoms with E-state index in [2.05, 4.69) is 39.8 Å². The molecule has 2 aromatic carbocycles. The number of likely N-dealkylation sites (N-methyl/N-ethyl adjacent to an activating group) is 1. The van der Waals surface area contributed by atoms with Gasteiger partial charge in [0.1, 0.15) is 6.10 Å². The fourth-order valence-corrected chi connectivity index (χ4v) is 5.89. The molecule has 3 saturated heterocycles. The van der Waals surface area contributed by atoms with Crippen LogP contribution in [0.2, 0.25) is 0 Å². The Labute approximate surface area is 190 Å². The second kappa shape index (κ2) is 9.09. The molecule has 3 aliphatic rings. The molecule has 0 saturated carbocycles. The van der Waals surface area contributed by atoms with E-state index >= 15 is 0 Å². The highest BCUT2D eigenvalue weighted by Gasteiger charge is 2.42. The third kappa shape index (κ3) is 4.07. The molecule has 0 amide bonds. The first-order valence-corrected chi connectivity index (χ1v) is 12.0. The van der Waals surface area contributed by atoms with Crippen LogP contribution in [0.1, 0.15) is 38.2 Å².